The third-order valence-corrected chi connectivity index (χ3v) is 4.40. The van der Waals surface area contributed by atoms with Crippen molar-refractivity contribution in [2.45, 2.75) is 25.0 Å². The molecule has 2 aromatic rings. The van der Waals surface area contributed by atoms with Gasteiger partial charge in [0.15, 0.2) is 0 Å². The fraction of sp³-hybridized carbons (Fsp3) is 0.375. The van der Waals surface area contributed by atoms with Gasteiger partial charge >= 0.3 is 0 Å². The van der Waals surface area contributed by atoms with Crippen molar-refractivity contribution in [3.05, 3.63) is 60.2 Å². The number of halogens is 1. The molecule has 110 valence electrons. The lowest BCUT2D eigenvalue weighted by molar-refractivity contribution is -0.0327. The van der Waals surface area contributed by atoms with Crippen LogP contribution in [0.2, 0.25) is 5.02 Å². The van der Waals surface area contributed by atoms with E-state index >= 15 is 0 Å². The number of benzene rings is 1. The van der Waals surface area contributed by atoms with E-state index in [9.17, 15) is 5.11 Å². The van der Waals surface area contributed by atoms with Crippen LogP contribution in [0.25, 0.3) is 0 Å². The summed E-state index contributed by atoms with van der Waals surface area (Å²) in [6, 6.07) is 7.35. The van der Waals surface area contributed by atoms with Crippen LogP contribution in [0.1, 0.15) is 18.4 Å². The number of rotatable bonds is 6. The predicted molar refractivity (Wildman–Crippen MR) is 81.8 cm³/mol. The van der Waals surface area contributed by atoms with Crippen LogP contribution in [0, 0.1) is 11.8 Å². The lowest BCUT2D eigenvalue weighted by atomic mass is 9.78. The molecule has 0 radical (unpaired) electrons. The zero-order valence-electron chi connectivity index (χ0n) is 11.7. The van der Waals surface area contributed by atoms with Crippen LogP contribution in [0.4, 0.5) is 0 Å². The highest BCUT2D eigenvalue weighted by Crippen LogP contribution is 2.47. The summed E-state index contributed by atoms with van der Waals surface area (Å²) in [6.07, 6.45) is 7.22. The van der Waals surface area contributed by atoms with Crippen molar-refractivity contribution in [2.24, 2.45) is 11.8 Å². The maximum Gasteiger partial charge on any atom is 0.137 e. The smallest absolute Gasteiger partial charge is 0.137 e. The molecular weight excluding hydrogens is 286 g/mol. The average molecular weight is 304 g/mol. The molecule has 21 heavy (non-hydrogen) atoms. The van der Waals surface area contributed by atoms with E-state index in [-0.39, 0.29) is 5.92 Å². The molecule has 1 heterocycles. The highest BCUT2D eigenvalue weighted by atomic mass is 35.5. The van der Waals surface area contributed by atoms with E-state index in [2.05, 4.69) is 16.7 Å². The quantitative estimate of drug-likeness (QED) is 0.835. The Morgan fingerprint density at radius 1 is 1.43 bits per heavy atom. The van der Waals surface area contributed by atoms with E-state index < -0.39 is 5.60 Å². The first kappa shape index (κ1) is 14.3. The van der Waals surface area contributed by atoms with E-state index in [0.29, 0.717) is 17.5 Å². The Morgan fingerprint density at radius 2 is 2.14 bits per heavy atom. The predicted octanol–water partition coefficient (Wildman–Crippen LogP) is 3.03. The molecular formula is C16H18ClN3O. The van der Waals surface area contributed by atoms with Crippen molar-refractivity contribution >= 4 is 11.6 Å². The number of nitrogens with zero attached hydrogens (tertiary/aromatic N) is 3. The first-order valence-corrected chi connectivity index (χ1v) is 7.44. The molecule has 1 aliphatic carbocycles. The van der Waals surface area contributed by atoms with Gasteiger partial charge in [0.1, 0.15) is 18.3 Å². The minimum absolute atomic E-state index is 0.0112. The van der Waals surface area contributed by atoms with E-state index in [4.69, 9.17) is 11.6 Å². The number of aromatic nitrogens is 3. The van der Waals surface area contributed by atoms with Gasteiger partial charge in [-0.25, -0.2) is 9.67 Å². The van der Waals surface area contributed by atoms with Gasteiger partial charge in [0, 0.05) is 10.9 Å². The largest absolute Gasteiger partial charge is 0.383 e. The normalized spacial score (nSPS) is 19.0. The summed E-state index contributed by atoms with van der Waals surface area (Å²) < 4.78 is 1.66. The summed E-state index contributed by atoms with van der Waals surface area (Å²) in [7, 11) is 0. The van der Waals surface area contributed by atoms with Gasteiger partial charge in [-0.1, -0.05) is 29.8 Å². The monoisotopic (exact) mass is 303 g/mol. The molecule has 0 bridgehead atoms. The fourth-order valence-corrected chi connectivity index (χ4v) is 3.05. The molecule has 0 spiro atoms. The highest BCUT2D eigenvalue weighted by Gasteiger charge is 2.45. The Hall–Kier alpha value is -1.65. The van der Waals surface area contributed by atoms with Gasteiger partial charge in [-0.3, -0.25) is 0 Å². The lowest BCUT2D eigenvalue weighted by Crippen LogP contribution is -2.40. The van der Waals surface area contributed by atoms with Gasteiger partial charge in [-0.2, -0.15) is 5.10 Å². The molecule has 1 aromatic carbocycles. The van der Waals surface area contributed by atoms with Gasteiger partial charge in [0.2, 0.25) is 0 Å². The molecule has 2 unspecified atom stereocenters. The summed E-state index contributed by atoms with van der Waals surface area (Å²) in [5.74, 6) is 0.467. The van der Waals surface area contributed by atoms with Gasteiger partial charge in [-0.15, -0.1) is 6.58 Å². The third kappa shape index (κ3) is 2.87. The van der Waals surface area contributed by atoms with Crippen molar-refractivity contribution < 1.29 is 5.11 Å². The van der Waals surface area contributed by atoms with Crippen molar-refractivity contribution in [1.29, 1.82) is 0 Å². The molecule has 1 fully saturated rings. The van der Waals surface area contributed by atoms with E-state index in [1.54, 1.807) is 23.1 Å². The Labute approximate surface area is 129 Å². The number of hydrogen-bond acceptors (Lipinski definition) is 3. The Kier molecular flexibility index (Phi) is 3.83. The Morgan fingerprint density at radius 3 is 2.67 bits per heavy atom. The Balaban J connectivity index is 2.00. The number of hydrogen-bond donors (Lipinski definition) is 1. The maximum absolute atomic E-state index is 11.4. The molecule has 1 saturated carbocycles. The van der Waals surface area contributed by atoms with E-state index in [1.165, 1.54) is 6.33 Å². The van der Waals surface area contributed by atoms with Gasteiger partial charge in [0.25, 0.3) is 0 Å². The second kappa shape index (κ2) is 5.62. The fourth-order valence-electron chi connectivity index (χ4n) is 2.92. The highest BCUT2D eigenvalue weighted by molar-refractivity contribution is 6.30. The van der Waals surface area contributed by atoms with Crippen LogP contribution in [-0.2, 0) is 12.1 Å². The van der Waals surface area contributed by atoms with Crippen LogP contribution < -0.4 is 0 Å². The van der Waals surface area contributed by atoms with Crippen LogP contribution in [-0.4, -0.2) is 19.9 Å². The van der Waals surface area contributed by atoms with Crippen LogP contribution in [0.15, 0.2) is 49.6 Å². The minimum atomic E-state index is -1.05. The zero-order valence-corrected chi connectivity index (χ0v) is 12.4. The van der Waals surface area contributed by atoms with Crippen molar-refractivity contribution in [3.8, 4) is 0 Å². The summed E-state index contributed by atoms with van der Waals surface area (Å²) in [5.41, 5.74) is -0.222. The first-order valence-electron chi connectivity index (χ1n) is 7.07. The van der Waals surface area contributed by atoms with E-state index in [0.717, 1.165) is 18.4 Å². The van der Waals surface area contributed by atoms with Crippen LogP contribution in [0.3, 0.4) is 0 Å². The Bertz CT molecular complexity index is 607. The summed E-state index contributed by atoms with van der Waals surface area (Å²) >= 11 is 5.96. The second-order valence-electron chi connectivity index (χ2n) is 5.62. The van der Waals surface area contributed by atoms with Crippen LogP contribution >= 0.6 is 11.6 Å². The second-order valence-corrected chi connectivity index (χ2v) is 6.06. The lowest BCUT2D eigenvalue weighted by Gasteiger charge is -2.35. The summed E-state index contributed by atoms with van der Waals surface area (Å²) in [4.78, 5) is 3.95. The molecule has 0 amide bonds. The topological polar surface area (TPSA) is 50.9 Å². The maximum atomic E-state index is 11.4. The summed E-state index contributed by atoms with van der Waals surface area (Å²) in [6.45, 7) is 4.28. The molecule has 1 aromatic heterocycles. The number of aliphatic hydroxyl groups is 1. The molecule has 2 atom stereocenters. The first-order chi connectivity index (χ1) is 10.1. The molecule has 1 N–H and O–H groups in total. The van der Waals surface area contributed by atoms with Crippen molar-refractivity contribution in [3.63, 3.8) is 0 Å². The molecule has 0 aliphatic heterocycles. The molecule has 3 rings (SSSR count). The summed E-state index contributed by atoms with van der Waals surface area (Å²) in [5, 5.41) is 16.2. The molecule has 1 aliphatic rings. The van der Waals surface area contributed by atoms with Crippen molar-refractivity contribution in [2.75, 3.05) is 0 Å². The zero-order chi connectivity index (χ0) is 14.9. The standard InChI is InChI=1S/C16H18ClN3O/c1-2-15(12-3-4-12)16(21,9-20-11-18-10-19-20)13-5-7-14(17)8-6-13/h2,5-8,10-12,15,21H,1,3-4,9H2. The molecule has 4 nitrogen and oxygen atoms in total. The van der Waals surface area contributed by atoms with Gasteiger partial charge < -0.3 is 5.11 Å². The molecule has 5 heteroatoms. The minimum Gasteiger partial charge on any atom is -0.383 e. The van der Waals surface area contributed by atoms with Crippen molar-refractivity contribution in [1.82, 2.24) is 14.8 Å². The van der Waals surface area contributed by atoms with Crippen LogP contribution in [0.5, 0.6) is 0 Å². The SMILES string of the molecule is C=CC(C1CC1)C(O)(Cn1cncn1)c1ccc(Cl)cc1. The molecule has 0 saturated heterocycles. The van der Waals surface area contributed by atoms with E-state index in [1.807, 2.05) is 18.2 Å². The van der Waals surface area contributed by atoms with Gasteiger partial charge in [0.05, 0.1) is 6.54 Å². The average Bonchev–Trinajstić information content (AvgIpc) is 3.17. The van der Waals surface area contributed by atoms with Gasteiger partial charge in [-0.05, 0) is 36.5 Å². The third-order valence-electron chi connectivity index (χ3n) is 4.15.